The van der Waals surface area contributed by atoms with Gasteiger partial charge in [-0.3, -0.25) is 14.8 Å². The summed E-state index contributed by atoms with van der Waals surface area (Å²) in [6.07, 6.45) is 6.17. The van der Waals surface area contributed by atoms with E-state index in [-0.39, 0.29) is 23.8 Å². The summed E-state index contributed by atoms with van der Waals surface area (Å²) < 4.78 is 18.0. The van der Waals surface area contributed by atoms with E-state index < -0.39 is 0 Å². The summed E-state index contributed by atoms with van der Waals surface area (Å²) in [6.45, 7) is 2.78. The average molecular weight is 625 g/mol. The minimum Gasteiger partial charge on any atom is -0.492 e. The molecule has 0 saturated carbocycles. The fourth-order valence-corrected chi connectivity index (χ4v) is 5.10. The van der Waals surface area contributed by atoms with Crippen molar-refractivity contribution >= 4 is 29.5 Å². The predicted octanol–water partition coefficient (Wildman–Crippen LogP) is 8.22. The van der Waals surface area contributed by atoms with Crippen LogP contribution >= 0.6 is 23.2 Å². The van der Waals surface area contributed by atoms with Crippen LogP contribution in [0, 0.1) is 18.3 Å². The maximum absolute atomic E-state index is 11.7. The first-order valence-electron chi connectivity index (χ1n) is 13.7. The van der Waals surface area contributed by atoms with Crippen molar-refractivity contribution in [1.29, 1.82) is 5.26 Å². The van der Waals surface area contributed by atoms with Crippen molar-refractivity contribution in [2.45, 2.75) is 26.6 Å². The van der Waals surface area contributed by atoms with Crippen LogP contribution in [0.4, 0.5) is 0 Å². The summed E-state index contributed by atoms with van der Waals surface area (Å²) >= 11 is 13.3. The summed E-state index contributed by atoms with van der Waals surface area (Å²) in [6, 6.07) is 24.3. The molecule has 0 bridgehead atoms. The van der Waals surface area contributed by atoms with Crippen LogP contribution in [0.3, 0.4) is 0 Å². The van der Waals surface area contributed by atoms with Crippen molar-refractivity contribution in [2.24, 2.45) is 0 Å². The van der Waals surface area contributed by atoms with Crippen LogP contribution < -0.4 is 14.2 Å². The number of nitriles is 1. The van der Waals surface area contributed by atoms with Gasteiger partial charge in [-0.2, -0.15) is 5.26 Å². The lowest BCUT2D eigenvalue weighted by molar-refractivity contribution is 0.111. The number of ether oxygens (including phenoxy) is 3. The smallest absolute Gasteiger partial charge is 0.153 e. The Morgan fingerprint density at radius 2 is 1.68 bits per heavy atom. The standard InChI is InChI=1S/C35H27Cl2N3O4/c1-23-26(6-4-8-29(23)30-9-5-10-32(35(30)37)42-13-11-28-7-2-3-12-40-28)22-44-34-16-33(27(20-41)15-31(34)36)43-21-25-14-24(17-38)18-39-19-25/h2-10,12,14-16,18-20H,11,13,21-22H2,1H3. The fourth-order valence-electron chi connectivity index (χ4n) is 4.60. The topological polar surface area (TPSA) is 94.3 Å². The van der Waals surface area contributed by atoms with Gasteiger partial charge in [0, 0.05) is 47.9 Å². The molecule has 5 aromatic rings. The van der Waals surface area contributed by atoms with Gasteiger partial charge in [-0.25, -0.2) is 0 Å². The Labute approximate surface area is 265 Å². The Kier molecular flexibility index (Phi) is 10.1. The number of hydrogen-bond acceptors (Lipinski definition) is 7. The van der Waals surface area contributed by atoms with E-state index in [0.29, 0.717) is 52.7 Å². The number of hydrogen-bond donors (Lipinski definition) is 0. The van der Waals surface area contributed by atoms with Gasteiger partial charge in [0.2, 0.25) is 0 Å². The Hall–Kier alpha value is -4.90. The van der Waals surface area contributed by atoms with Gasteiger partial charge in [0.1, 0.15) is 36.5 Å². The molecular formula is C35H27Cl2N3O4. The first kappa shape index (κ1) is 30.6. The van der Waals surface area contributed by atoms with E-state index >= 15 is 0 Å². The van der Waals surface area contributed by atoms with Crippen molar-refractivity contribution in [2.75, 3.05) is 6.61 Å². The fraction of sp³-hybridized carbons (Fsp3) is 0.143. The molecule has 3 aromatic carbocycles. The zero-order valence-corrected chi connectivity index (χ0v) is 25.3. The molecular weight excluding hydrogens is 597 g/mol. The Morgan fingerprint density at radius 1 is 0.864 bits per heavy atom. The highest BCUT2D eigenvalue weighted by Gasteiger charge is 2.16. The maximum Gasteiger partial charge on any atom is 0.153 e. The van der Waals surface area contributed by atoms with E-state index in [4.69, 9.17) is 42.7 Å². The number of carbonyl (C=O) groups excluding carboxylic acids is 1. The second-order valence-electron chi connectivity index (χ2n) is 9.84. The van der Waals surface area contributed by atoms with E-state index in [1.165, 1.54) is 12.3 Å². The largest absolute Gasteiger partial charge is 0.492 e. The number of aldehydes is 1. The maximum atomic E-state index is 11.7. The van der Waals surface area contributed by atoms with E-state index in [0.717, 1.165) is 27.9 Å². The Balaban J connectivity index is 1.31. The van der Waals surface area contributed by atoms with Gasteiger partial charge in [0.25, 0.3) is 0 Å². The molecule has 2 heterocycles. The number of aromatic nitrogens is 2. The molecule has 0 unspecified atom stereocenters. The lowest BCUT2D eigenvalue weighted by Gasteiger charge is -2.17. The second-order valence-corrected chi connectivity index (χ2v) is 10.6. The first-order chi connectivity index (χ1) is 21.5. The predicted molar refractivity (Wildman–Crippen MR) is 170 cm³/mol. The van der Waals surface area contributed by atoms with Crippen molar-refractivity contribution in [3.63, 3.8) is 0 Å². The van der Waals surface area contributed by atoms with Crippen LogP contribution in [0.2, 0.25) is 10.0 Å². The minimum atomic E-state index is 0.109. The molecule has 2 aromatic heterocycles. The molecule has 0 amide bonds. The van der Waals surface area contributed by atoms with Gasteiger partial charge < -0.3 is 14.2 Å². The third-order valence-corrected chi connectivity index (χ3v) is 7.62. The zero-order valence-electron chi connectivity index (χ0n) is 23.8. The van der Waals surface area contributed by atoms with E-state index in [9.17, 15) is 4.79 Å². The summed E-state index contributed by atoms with van der Waals surface area (Å²) in [7, 11) is 0. The van der Waals surface area contributed by atoms with Gasteiger partial charge in [-0.15, -0.1) is 0 Å². The van der Waals surface area contributed by atoms with Crippen molar-refractivity contribution in [3.8, 4) is 34.4 Å². The molecule has 0 spiro atoms. The van der Waals surface area contributed by atoms with Gasteiger partial charge in [0.15, 0.2) is 6.29 Å². The van der Waals surface area contributed by atoms with Crippen LogP contribution in [0.1, 0.15) is 38.3 Å². The molecule has 7 nitrogen and oxygen atoms in total. The number of carbonyl (C=O) groups is 1. The number of halogens is 2. The molecule has 0 saturated heterocycles. The summed E-state index contributed by atoms with van der Waals surface area (Å²) in [5, 5.41) is 9.93. The molecule has 9 heteroatoms. The minimum absolute atomic E-state index is 0.109. The third kappa shape index (κ3) is 7.35. The molecule has 5 rings (SSSR count). The SMILES string of the molecule is Cc1c(COc2cc(OCc3cncc(C#N)c3)c(C=O)cc2Cl)cccc1-c1cccc(OCCc2ccccn2)c1Cl. The molecule has 0 N–H and O–H groups in total. The van der Waals surface area contributed by atoms with Gasteiger partial charge in [-0.05, 0) is 53.9 Å². The first-order valence-corrected chi connectivity index (χ1v) is 14.5. The average Bonchev–Trinajstić information content (AvgIpc) is 3.05. The van der Waals surface area contributed by atoms with E-state index in [2.05, 4.69) is 9.97 Å². The highest BCUT2D eigenvalue weighted by molar-refractivity contribution is 6.35. The number of benzene rings is 3. The quantitative estimate of drug-likeness (QED) is 0.129. The molecule has 0 fully saturated rings. The van der Waals surface area contributed by atoms with Crippen molar-refractivity contribution in [1.82, 2.24) is 9.97 Å². The van der Waals surface area contributed by atoms with E-state index in [1.807, 2.05) is 67.6 Å². The van der Waals surface area contributed by atoms with Gasteiger partial charge in [-0.1, -0.05) is 59.6 Å². The van der Waals surface area contributed by atoms with Crippen LogP contribution in [0.25, 0.3) is 11.1 Å². The lowest BCUT2D eigenvalue weighted by Crippen LogP contribution is -2.04. The van der Waals surface area contributed by atoms with Crippen LogP contribution in [-0.4, -0.2) is 22.9 Å². The van der Waals surface area contributed by atoms with Crippen LogP contribution in [-0.2, 0) is 19.6 Å². The third-order valence-electron chi connectivity index (χ3n) is 6.93. The molecule has 44 heavy (non-hydrogen) atoms. The number of pyridine rings is 2. The number of rotatable bonds is 12. The zero-order chi connectivity index (χ0) is 30.9. The molecule has 220 valence electrons. The molecule has 0 atom stereocenters. The van der Waals surface area contributed by atoms with Crippen molar-refractivity contribution in [3.05, 3.63) is 135 Å². The highest BCUT2D eigenvalue weighted by atomic mass is 35.5. The van der Waals surface area contributed by atoms with Crippen LogP contribution in [0.5, 0.6) is 17.2 Å². The highest BCUT2D eigenvalue weighted by Crippen LogP contribution is 2.38. The molecule has 0 aliphatic rings. The Morgan fingerprint density at radius 3 is 2.48 bits per heavy atom. The van der Waals surface area contributed by atoms with E-state index in [1.54, 1.807) is 24.5 Å². The van der Waals surface area contributed by atoms with Crippen molar-refractivity contribution < 1.29 is 19.0 Å². The lowest BCUT2D eigenvalue weighted by atomic mass is 9.96. The van der Waals surface area contributed by atoms with Crippen LogP contribution in [0.15, 0.2) is 91.4 Å². The van der Waals surface area contributed by atoms with Gasteiger partial charge in [0.05, 0.1) is 27.8 Å². The molecule has 0 aliphatic heterocycles. The molecule has 0 aliphatic carbocycles. The summed E-state index contributed by atoms with van der Waals surface area (Å²) in [4.78, 5) is 20.1. The molecule has 0 radical (unpaired) electrons. The monoisotopic (exact) mass is 623 g/mol. The summed E-state index contributed by atoms with van der Waals surface area (Å²) in [5.74, 6) is 1.27. The Bertz CT molecular complexity index is 1820. The number of nitrogens with zero attached hydrogens (tertiary/aromatic N) is 3. The second kappa shape index (κ2) is 14.5. The summed E-state index contributed by atoms with van der Waals surface area (Å²) in [5.41, 5.74) is 6.05. The normalized spacial score (nSPS) is 10.6. The van der Waals surface area contributed by atoms with Gasteiger partial charge >= 0.3 is 0 Å².